The Morgan fingerprint density at radius 2 is 1.59 bits per heavy atom. The van der Waals surface area contributed by atoms with Gasteiger partial charge in [-0.25, -0.2) is 0 Å². The molecule has 0 fully saturated rings. The van der Waals surface area contributed by atoms with Gasteiger partial charge in [-0.3, -0.25) is 0 Å². The van der Waals surface area contributed by atoms with Crippen molar-refractivity contribution in [1.82, 2.24) is 0 Å². The summed E-state index contributed by atoms with van der Waals surface area (Å²) in [5, 5.41) is 17.9. The first kappa shape index (κ1) is 13.6. The first-order valence-corrected chi connectivity index (χ1v) is 5.45. The van der Waals surface area contributed by atoms with Gasteiger partial charge in [0.25, 0.3) is 0 Å². The third-order valence-electron chi connectivity index (χ3n) is 2.47. The van der Waals surface area contributed by atoms with Crippen LogP contribution in [0.5, 0.6) is 11.5 Å². The predicted octanol–water partition coefficient (Wildman–Crippen LogP) is 0.495. The number of nitrogens with zero attached hydrogens (tertiary/aromatic N) is 1. The molecule has 0 saturated carbocycles. The third-order valence-corrected chi connectivity index (χ3v) is 2.47. The zero-order valence-corrected chi connectivity index (χ0v) is 10.2. The number of rotatable bonds is 7. The van der Waals surface area contributed by atoms with E-state index in [2.05, 4.69) is 0 Å². The Morgan fingerprint density at radius 1 is 1.00 bits per heavy atom. The Bertz CT molecular complexity index is 337. The molecule has 1 rings (SSSR count). The standard InChI is InChI=1S/C12H19NO4/c1-16-11-4-3-10(9-12(11)17-2)13(5-7-14)6-8-15/h3-4,9,14-15H,5-8H2,1-2H3. The smallest absolute Gasteiger partial charge is 0.162 e. The largest absolute Gasteiger partial charge is 0.493 e. The van der Waals surface area contributed by atoms with Gasteiger partial charge in [-0.1, -0.05) is 0 Å². The van der Waals surface area contributed by atoms with Crippen LogP contribution in [0.1, 0.15) is 0 Å². The molecule has 17 heavy (non-hydrogen) atoms. The molecule has 0 bridgehead atoms. The van der Waals surface area contributed by atoms with Gasteiger partial charge in [0.05, 0.1) is 27.4 Å². The third kappa shape index (κ3) is 3.51. The SMILES string of the molecule is COc1ccc(N(CCO)CCO)cc1OC. The molecule has 0 aliphatic carbocycles. The van der Waals surface area contributed by atoms with Gasteiger partial charge >= 0.3 is 0 Å². The van der Waals surface area contributed by atoms with Crippen molar-refractivity contribution in [2.24, 2.45) is 0 Å². The predicted molar refractivity (Wildman–Crippen MR) is 65.9 cm³/mol. The van der Waals surface area contributed by atoms with Crippen LogP contribution < -0.4 is 14.4 Å². The van der Waals surface area contributed by atoms with Crippen LogP contribution in [0, 0.1) is 0 Å². The van der Waals surface area contributed by atoms with Crippen molar-refractivity contribution in [2.75, 3.05) is 45.4 Å². The van der Waals surface area contributed by atoms with Gasteiger partial charge in [0.2, 0.25) is 0 Å². The topological polar surface area (TPSA) is 62.2 Å². The Balaban J connectivity index is 2.94. The summed E-state index contributed by atoms with van der Waals surface area (Å²) in [7, 11) is 3.15. The van der Waals surface area contributed by atoms with Crippen LogP contribution in [-0.2, 0) is 0 Å². The number of anilines is 1. The van der Waals surface area contributed by atoms with Crippen molar-refractivity contribution in [3.05, 3.63) is 18.2 Å². The van der Waals surface area contributed by atoms with Crippen molar-refractivity contribution in [3.63, 3.8) is 0 Å². The number of hydrogen-bond acceptors (Lipinski definition) is 5. The van der Waals surface area contributed by atoms with Gasteiger partial charge in [0.1, 0.15) is 0 Å². The average Bonchev–Trinajstić information content (AvgIpc) is 2.37. The number of aliphatic hydroxyl groups excluding tert-OH is 2. The van der Waals surface area contributed by atoms with E-state index in [1.807, 2.05) is 17.0 Å². The molecular weight excluding hydrogens is 222 g/mol. The number of aliphatic hydroxyl groups is 2. The number of hydrogen-bond donors (Lipinski definition) is 2. The number of ether oxygens (including phenoxy) is 2. The van der Waals surface area contributed by atoms with E-state index in [-0.39, 0.29) is 13.2 Å². The van der Waals surface area contributed by atoms with Crippen molar-refractivity contribution in [2.45, 2.75) is 0 Å². The van der Waals surface area contributed by atoms with Gasteiger partial charge in [-0.05, 0) is 12.1 Å². The van der Waals surface area contributed by atoms with E-state index >= 15 is 0 Å². The Kier molecular flexibility index (Phi) is 5.59. The second kappa shape index (κ2) is 6.98. The van der Waals surface area contributed by atoms with Crippen LogP contribution in [0.25, 0.3) is 0 Å². The Hall–Kier alpha value is -1.46. The molecule has 2 N–H and O–H groups in total. The maximum absolute atomic E-state index is 8.97. The molecule has 0 amide bonds. The molecule has 1 aromatic rings. The molecular formula is C12H19NO4. The van der Waals surface area contributed by atoms with Crippen molar-refractivity contribution >= 4 is 5.69 Å². The molecule has 0 radical (unpaired) electrons. The highest BCUT2D eigenvalue weighted by molar-refractivity contribution is 5.56. The van der Waals surface area contributed by atoms with Crippen LogP contribution in [0.2, 0.25) is 0 Å². The monoisotopic (exact) mass is 241 g/mol. The van der Waals surface area contributed by atoms with E-state index in [4.69, 9.17) is 19.7 Å². The van der Waals surface area contributed by atoms with Gasteiger partial charge < -0.3 is 24.6 Å². The van der Waals surface area contributed by atoms with E-state index < -0.39 is 0 Å². The lowest BCUT2D eigenvalue weighted by Crippen LogP contribution is -2.29. The highest BCUT2D eigenvalue weighted by Crippen LogP contribution is 2.31. The summed E-state index contributed by atoms with van der Waals surface area (Å²) in [4.78, 5) is 1.88. The summed E-state index contributed by atoms with van der Waals surface area (Å²) in [5.41, 5.74) is 0.880. The van der Waals surface area contributed by atoms with Gasteiger partial charge in [-0.2, -0.15) is 0 Å². The molecule has 0 aromatic heterocycles. The molecule has 0 unspecified atom stereocenters. The normalized spacial score (nSPS) is 10.1. The van der Waals surface area contributed by atoms with Crippen LogP contribution in [-0.4, -0.2) is 50.7 Å². The first-order valence-electron chi connectivity index (χ1n) is 5.45. The molecule has 0 atom stereocenters. The number of benzene rings is 1. The molecule has 5 nitrogen and oxygen atoms in total. The van der Waals surface area contributed by atoms with Gasteiger partial charge in [0, 0.05) is 24.8 Å². The molecule has 0 aliphatic heterocycles. The fourth-order valence-corrected chi connectivity index (χ4v) is 1.63. The Morgan fingerprint density at radius 3 is 2.06 bits per heavy atom. The second-order valence-electron chi connectivity index (χ2n) is 3.47. The molecule has 0 heterocycles. The molecule has 0 saturated heterocycles. The average molecular weight is 241 g/mol. The van der Waals surface area contributed by atoms with Crippen LogP contribution in [0.15, 0.2) is 18.2 Å². The minimum Gasteiger partial charge on any atom is -0.493 e. The molecule has 0 aliphatic rings. The van der Waals surface area contributed by atoms with E-state index in [1.165, 1.54) is 0 Å². The fourth-order valence-electron chi connectivity index (χ4n) is 1.63. The summed E-state index contributed by atoms with van der Waals surface area (Å²) in [5.74, 6) is 1.29. The lowest BCUT2D eigenvalue weighted by Gasteiger charge is -2.23. The summed E-state index contributed by atoms with van der Waals surface area (Å²) >= 11 is 0. The van der Waals surface area contributed by atoms with E-state index in [0.717, 1.165) is 5.69 Å². The molecule has 5 heteroatoms. The minimum atomic E-state index is 0.0361. The zero-order valence-electron chi connectivity index (χ0n) is 10.2. The summed E-state index contributed by atoms with van der Waals surface area (Å²) < 4.78 is 10.4. The van der Waals surface area contributed by atoms with E-state index in [0.29, 0.717) is 24.6 Å². The molecule has 0 spiro atoms. The van der Waals surface area contributed by atoms with Gasteiger partial charge in [-0.15, -0.1) is 0 Å². The zero-order chi connectivity index (χ0) is 12.7. The minimum absolute atomic E-state index is 0.0361. The Labute approximate surface area is 101 Å². The maximum Gasteiger partial charge on any atom is 0.162 e. The van der Waals surface area contributed by atoms with Gasteiger partial charge in [0.15, 0.2) is 11.5 Å². The van der Waals surface area contributed by atoms with E-state index in [9.17, 15) is 0 Å². The highest BCUT2D eigenvalue weighted by atomic mass is 16.5. The summed E-state index contributed by atoms with van der Waals surface area (Å²) in [6.07, 6.45) is 0. The molecule has 96 valence electrons. The lowest BCUT2D eigenvalue weighted by molar-refractivity contribution is 0.281. The van der Waals surface area contributed by atoms with Crippen LogP contribution >= 0.6 is 0 Å². The fraction of sp³-hybridized carbons (Fsp3) is 0.500. The van der Waals surface area contributed by atoms with Crippen molar-refractivity contribution < 1.29 is 19.7 Å². The van der Waals surface area contributed by atoms with Crippen LogP contribution in [0.3, 0.4) is 0 Å². The summed E-state index contributed by atoms with van der Waals surface area (Å²) in [6, 6.07) is 5.49. The molecule has 1 aromatic carbocycles. The number of methoxy groups -OCH3 is 2. The lowest BCUT2D eigenvalue weighted by atomic mass is 10.2. The highest BCUT2D eigenvalue weighted by Gasteiger charge is 2.09. The van der Waals surface area contributed by atoms with E-state index in [1.54, 1.807) is 20.3 Å². The summed E-state index contributed by atoms with van der Waals surface area (Å²) in [6.45, 7) is 1.01. The quantitative estimate of drug-likeness (QED) is 0.727. The second-order valence-corrected chi connectivity index (χ2v) is 3.47. The van der Waals surface area contributed by atoms with Crippen LogP contribution in [0.4, 0.5) is 5.69 Å². The maximum atomic E-state index is 8.97. The van der Waals surface area contributed by atoms with Crippen molar-refractivity contribution in [3.8, 4) is 11.5 Å². The van der Waals surface area contributed by atoms with Crippen molar-refractivity contribution in [1.29, 1.82) is 0 Å². The first-order chi connectivity index (χ1) is 8.26.